The van der Waals surface area contributed by atoms with Gasteiger partial charge in [-0.25, -0.2) is 0 Å². The number of anilines is 1. The van der Waals surface area contributed by atoms with Crippen LogP contribution in [0.5, 0.6) is 0 Å². The van der Waals surface area contributed by atoms with E-state index in [0.717, 1.165) is 17.5 Å². The standard InChI is InChI=1S/C14H20N2O2/c1-5-11(4)15-13(17)14(18)16-12-7-6-9(2)8-10(12)3/h6-8,11H,5H2,1-4H3,(H,15,17)(H,16,18). The normalized spacial score (nSPS) is 11.8. The van der Waals surface area contributed by atoms with Crippen molar-refractivity contribution in [3.8, 4) is 0 Å². The Balaban J connectivity index is 2.67. The third-order valence-electron chi connectivity index (χ3n) is 2.83. The first kappa shape index (κ1) is 14.2. The van der Waals surface area contributed by atoms with Crippen molar-refractivity contribution in [1.29, 1.82) is 0 Å². The van der Waals surface area contributed by atoms with Gasteiger partial charge in [0.25, 0.3) is 0 Å². The number of benzene rings is 1. The second kappa shape index (κ2) is 6.19. The zero-order valence-corrected chi connectivity index (χ0v) is 11.3. The van der Waals surface area contributed by atoms with Gasteiger partial charge in [0.1, 0.15) is 0 Å². The summed E-state index contributed by atoms with van der Waals surface area (Å²) in [7, 11) is 0. The summed E-state index contributed by atoms with van der Waals surface area (Å²) in [6, 6.07) is 5.67. The molecule has 1 aromatic carbocycles. The quantitative estimate of drug-likeness (QED) is 0.805. The van der Waals surface area contributed by atoms with Crippen LogP contribution >= 0.6 is 0 Å². The van der Waals surface area contributed by atoms with E-state index >= 15 is 0 Å². The molecule has 0 bridgehead atoms. The Hall–Kier alpha value is -1.84. The minimum absolute atomic E-state index is 0.00219. The Morgan fingerprint density at radius 3 is 2.44 bits per heavy atom. The molecule has 0 spiro atoms. The van der Waals surface area contributed by atoms with Gasteiger partial charge in [-0.2, -0.15) is 0 Å². The average molecular weight is 248 g/mol. The van der Waals surface area contributed by atoms with Gasteiger partial charge in [0.05, 0.1) is 0 Å². The third-order valence-corrected chi connectivity index (χ3v) is 2.83. The number of amides is 2. The summed E-state index contributed by atoms with van der Waals surface area (Å²) in [4.78, 5) is 23.2. The van der Waals surface area contributed by atoms with E-state index in [2.05, 4.69) is 10.6 Å². The van der Waals surface area contributed by atoms with Crippen LogP contribution in [0.25, 0.3) is 0 Å². The fourth-order valence-corrected chi connectivity index (χ4v) is 1.52. The molecule has 0 saturated carbocycles. The van der Waals surface area contributed by atoms with Crippen LogP contribution in [-0.2, 0) is 9.59 Å². The van der Waals surface area contributed by atoms with Gasteiger partial charge in [-0.15, -0.1) is 0 Å². The van der Waals surface area contributed by atoms with Crippen molar-refractivity contribution in [2.45, 2.75) is 40.2 Å². The van der Waals surface area contributed by atoms with E-state index in [4.69, 9.17) is 0 Å². The van der Waals surface area contributed by atoms with Crippen LogP contribution in [0.3, 0.4) is 0 Å². The van der Waals surface area contributed by atoms with Gasteiger partial charge in [0.2, 0.25) is 0 Å². The number of rotatable bonds is 3. The Labute approximate surface area is 108 Å². The van der Waals surface area contributed by atoms with Gasteiger partial charge in [0, 0.05) is 11.7 Å². The molecule has 1 aromatic rings. The summed E-state index contributed by atoms with van der Waals surface area (Å²) in [6.07, 6.45) is 0.794. The monoisotopic (exact) mass is 248 g/mol. The second-order valence-electron chi connectivity index (χ2n) is 4.56. The highest BCUT2D eigenvalue weighted by atomic mass is 16.2. The summed E-state index contributed by atoms with van der Waals surface area (Å²) < 4.78 is 0. The lowest BCUT2D eigenvalue weighted by atomic mass is 10.1. The minimum atomic E-state index is -0.623. The Morgan fingerprint density at radius 1 is 1.22 bits per heavy atom. The average Bonchev–Trinajstić information content (AvgIpc) is 2.32. The number of aryl methyl sites for hydroxylation is 2. The molecule has 98 valence electrons. The molecule has 0 saturated heterocycles. The maximum atomic E-state index is 11.7. The summed E-state index contributed by atoms with van der Waals surface area (Å²) in [5, 5.41) is 5.25. The first-order valence-electron chi connectivity index (χ1n) is 6.13. The van der Waals surface area contributed by atoms with E-state index in [1.807, 2.05) is 39.8 Å². The van der Waals surface area contributed by atoms with Crippen molar-refractivity contribution >= 4 is 17.5 Å². The summed E-state index contributed by atoms with van der Waals surface area (Å²) >= 11 is 0. The second-order valence-corrected chi connectivity index (χ2v) is 4.56. The summed E-state index contributed by atoms with van der Waals surface area (Å²) in [5.74, 6) is -1.22. The van der Waals surface area contributed by atoms with Crippen molar-refractivity contribution in [1.82, 2.24) is 5.32 Å². The number of hydrogen-bond acceptors (Lipinski definition) is 2. The molecule has 2 amide bonds. The predicted octanol–water partition coefficient (Wildman–Crippen LogP) is 2.16. The number of carbonyl (C=O) groups excluding carboxylic acids is 2. The molecule has 1 atom stereocenters. The highest BCUT2D eigenvalue weighted by Gasteiger charge is 2.16. The molecule has 4 nitrogen and oxygen atoms in total. The lowest BCUT2D eigenvalue weighted by Gasteiger charge is -2.12. The van der Waals surface area contributed by atoms with Gasteiger partial charge >= 0.3 is 11.8 Å². The first-order chi connectivity index (χ1) is 8.43. The van der Waals surface area contributed by atoms with E-state index in [0.29, 0.717) is 5.69 Å². The molecule has 0 fully saturated rings. The number of nitrogens with one attached hydrogen (secondary N) is 2. The van der Waals surface area contributed by atoms with E-state index < -0.39 is 11.8 Å². The minimum Gasteiger partial charge on any atom is -0.345 e. The number of hydrogen-bond donors (Lipinski definition) is 2. The van der Waals surface area contributed by atoms with Crippen LogP contribution in [0.1, 0.15) is 31.4 Å². The molecule has 1 unspecified atom stereocenters. The van der Waals surface area contributed by atoms with Gasteiger partial charge in [-0.1, -0.05) is 24.6 Å². The largest absolute Gasteiger partial charge is 0.345 e. The van der Waals surface area contributed by atoms with Crippen LogP contribution in [0.2, 0.25) is 0 Å². The fourth-order valence-electron chi connectivity index (χ4n) is 1.52. The van der Waals surface area contributed by atoms with Crippen LogP contribution < -0.4 is 10.6 Å². The van der Waals surface area contributed by atoms with Gasteiger partial charge < -0.3 is 10.6 Å². The van der Waals surface area contributed by atoms with E-state index in [1.54, 1.807) is 6.07 Å². The molecule has 1 rings (SSSR count). The fraction of sp³-hybridized carbons (Fsp3) is 0.429. The highest BCUT2D eigenvalue weighted by Crippen LogP contribution is 2.15. The molecule has 0 aliphatic carbocycles. The van der Waals surface area contributed by atoms with E-state index in [-0.39, 0.29) is 6.04 Å². The van der Waals surface area contributed by atoms with E-state index in [9.17, 15) is 9.59 Å². The van der Waals surface area contributed by atoms with Crippen molar-refractivity contribution in [3.63, 3.8) is 0 Å². The molecular formula is C14H20N2O2. The van der Waals surface area contributed by atoms with Crippen LogP contribution in [0, 0.1) is 13.8 Å². The summed E-state index contributed by atoms with van der Waals surface area (Å²) in [5.41, 5.74) is 2.74. The lowest BCUT2D eigenvalue weighted by molar-refractivity contribution is -0.136. The predicted molar refractivity (Wildman–Crippen MR) is 72.4 cm³/mol. The highest BCUT2D eigenvalue weighted by molar-refractivity contribution is 6.39. The molecular weight excluding hydrogens is 228 g/mol. The van der Waals surface area contributed by atoms with Crippen molar-refractivity contribution < 1.29 is 9.59 Å². The Bertz CT molecular complexity index is 455. The SMILES string of the molecule is CCC(C)NC(=O)C(=O)Nc1ccc(C)cc1C. The summed E-state index contributed by atoms with van der Waals surface area (Å²) in [6.45, 7) is 7.69. The maximum absolute atomic E-state index is 11.7. The van der Waals surface area contributed by atoms with Crippen molar-refractivity contribution in [2.24, 2.45) is 0 Å². The molecule has 0 aliphatic rings. The number of carbonyl (C=O) groups is 2. The molecule has 18 heavy (non-hydrogen) atoms. The molecule has 2 N–H and O–H groups in total. The zero-order chi connectivity index (χ0) is 13.7. The molecule has 4 heteroatoms. The first-order valence-corrected chi connectivity index (χ1v) is 6.13. The van der Waals surface area contributed by atoms with Crippen LogP contribution in [0.4, 0.5) is 5.69 Å². The van der Waals surface area contributed by atoms with E-state index in [1.165, 1.54) is 0 Å². The van der Waals surface area contributed by atoms with Gasteiger partial charge in [-0.3, -0.25) is 9.59 Å². The zero-order valence-electron chi connectivity index (χ0n) is 11.3. The van der Waals surface area contributed by atoms with Gasteiger partial charge in [0.15, 0.2) is 0 Å². The Morgan fingerprint density at radius 2 is 1.89 bits per heavy atom. The lowest BCUT2D eigenvalue weighted by Crippen LogP contribution is -2.40. The van der Waals surface area contributed by atoms with Crippen molar-refractivity contribution in [3.05, 3.63) is 29.3 Å². The maximum Gasteiger partial charge on any atom is 0.313 e. The molecule has 0 aliphatic heterocycles. The Kier molecular flexibility index (Phi) is 4.89. The molecule has 0 radical (unpaired) electrons. The van der Waals surface area contributed by atoms with Crippen LogP contribution in [-0.4, -0.2) is 17.9 Å². The molecule has 0 heterocycles. The third kappa shape index (κ3) is 3.87. The van der Waals surface area contributed by atoms with Gasteiger partial charge in [-0.05, 0) is 38.8 Å². The molecule has 0 aromatic heterocycles. The van der Waals surface area contributed by atoms with Crippen molar-refractivity contribution in [2.75, 3.05) is 5.32 Å². The van der Waals surface area contributed by atoms with Crippen LogP contribution in [0.15, 0.2) is 18.2 Å². The smallest absolute Gasteiger partial charge is 0.313 e. The topological polar surface area (TPSA) is 58.2 Å².